The molecule has 0 fully saturated rings. The average Bonchev–Trinajstić information content (AvgIpc) is 2.34. The van der Waals surface area contributed by atoms with E-state index in [1.165, 1.54) is 7.11 Å². The molecule has 0 atom stereocenters. The van der Waals surface area contributed by atoms with Gasteiger partial charge in [-0.1, -0.05) is 5.92 Å². The molecular weight excluding hydrogens is 206 g/mol. The minimum atomic E-state index is -0.408. The summed E-state index contributed by atoms with van der Waals surface area (Å²) in [5, 5.41) is 3.01. The smallest absolute Gasteiger partial charge is 0.343 e. The molecule has 0 spiro atoms. The number of hydrogen-bond acceptors (Lipinski definition) is 4. The molecule has 4 nitrogen and oxygen atoms in total. The van der Waals surface area contributed by atoms with Crippen molar-refractivity contribution in [2.45, 2.75) is 0 Å². The van der Waals surface area contributed by atoms with Gasteiger partial charge in [0.25, 0.3) is 0 Å². The van der Waals surface area contributed by atoms with Crippen molar-refractivity contribution in [2.75, 3.05) is 25.6 Å². The number of methoxy groups -OCH3 is 1. The molecule has 0 amide bonds. The zero-order chi connectivity index (χ0) is 11.8. The maximum atomic E-state index is 10.8. The molecule has 1 aromatic rings. The summed E-state index contributed by atoms with van der Waals surface area (Å²) >= 11 is 0. The van der Waals surface area contributed by atoms with Gasteiger partial charge in [-0.25, -0.2) is 4.79 Å². The summed E-state index contributed by atoms with van der Waals surface area (Å²) in [7, 11) is 1.32. The summed E-state index contributed by atoms with van der Waals surface area (Å²) in [6.07, 6.45) is 5.11. The molecule has 1 aromatic carbocycles. The molecule has 0 bridgehead atoms. The maximum absolute atomic E-state index is 10.8. The summed E-state index contributed by atoms with van der Waals surface area (Å²) in [5.74, 6) is 2.68. The Morgan fingerprint density at radius 3 is 2.69 bits per heavy atom. The number of benzene rings is 1. The third kappa shape index (κ3) is 3.93. The van der Waals surface area contributed by atoms with Crippen LogP contribution in [-0.4, -0.2) is 26.2 Å². The van der Waals surface area contributed by atoms with Crippen molar-refractivity contribution in [1.82, 2.24) is 0 Å². The predicted octanol–water partition coefficient (Wildman–Crippen LogP) is 1.28. The van der Waals surface area contributed by atoms with Gasteiger partial charge in [0, 0.05) is 5.69 Å². The monoisotopic (exact) mass is 219 g/mol. The fraction of sp³-hybridized carbons (Fsp3) is 0.250. The van der Waals surface area contributed by atoms with E-state index in [9.17, 15) is 4.79 Å². The number of anilines is 1. The lowest BCUT2D eigenvalue weighted by molar-refractivity contribution is -0.142. The van der Waals surface area contributed by atoms with E-state index in [-0.39, 0.29) is 6.61 Å². The Hall–Kier alpha value is -2.15. The molecule has 0 aromatic heterocycles. The fourth-order valence-electron chi connectivity index (χ4n) is 1.02. The molecular formula is C12H13NO3. The lowest BCUT2D eigenvalue weighted by Crippen LogP contribution is -2.12. The maximum Gasteiger partial charge on any atom is 0.343 e. The van der Waals surface area contributed by atoms with Crippen molar-refractivity contribution >= 4 is 11.7 Å². The molecule has 84 valence electrons. The fourth-order valence-corrected chi connectivity index (χ4v) is 1.02. The first-order valence-corrected chi connectivity index (χ1v) is 4.73. The molecule has 0 radical (unpaired) electrons. The van der Waals surface area contributed by atoms with Crippen LogP contribution in [0.5, 0.6) is 5.75 Å². The zero-order valence-corrected chi connectivity index (χ0v) is 9.03. The van der Waals surface area contributed by atoms with Gasteiger partial charge in [0.2, 0.25) is 0 Å². The summed E-state index contributed by atoms with van der Waals surface area (Å²) in [6, 6.07) is 7.15. The molecule has 1 N–H and O–H groups in total. The largest absolute Gasteiger partial charge is 0.482 e. The van der Waals surface area contributed by atoms with Crippen molar-refractivity contribution in [1.29, 1.82) is 0 Å². The average molecular weight is 219 g/mol. The minimum Gasteiger partial charge on any atom is -0.482 e. The van der Waals surface area contributed by atoms with Crippen LogP contribution in [-0.2, 0) is 9.53 Å². The molecule has 0 aliphatic rings. The number of terminal acetylenes is 1. The van der Waals surface area contributed by atoms with Crippen molar-refractivity contribution in [2.24, 2.45) is 0 Å². The lowest BCUT2D eigenvalue weighted by Gasteiger charge is -2.06. The van der Waals surface area contributed by atoms with Crippen LogP contribution in [0.25, 0.3) is 0 Å². The quantitative estimate of drug-likeness (QED) is 0.598. The van der Waals surface area contributed by atoms with E-state index in [4.69, 9.17) is 11.2 Å². The molecule has 0 saturated heterocycles. The highest BCUT2D eigenvalue weighted by Crippen LogP contribution is 2.15. The van der Waals surface area contributed by atoms with Crippen molar-refractivity contribution in [3.8, 4) is 18.1 Å². The molecule has 1 rings (SSSR count). The number of carbonyl (C=O) groups excluding carboxylic acids is 1. The first-order chi connectivity index (χ1) is 7.76. The second kappa shape index (κ2) is 6.36. The third-order valence-corrected chi connectivity index (χ3v) is 1.83. The summed E-state index contributed by atoms with van der Waals surface area (Å²) in [6.45, 7) is 0.385. The van der Waals surface area contributed by atoms with Crippen LogP contribution in [0.15, 0.2) is 24.3 Å². The zero-order valence-electron chi connectivity index (χ0n) is 9.03. The highest BCUT2D eigenvalue weighted by atomic mass is 16.6. The molecule has 0 aliphatic carbocycles. The van der Waals surface area contributed by atoms with E-state index in [2.05, 4.69) is 16.0 Å². The number of esters is 1. The number of carbonyl (C=O) groups is 1. The number of nitrogens with one attached hydrogen (secondary N) is 1. The second-order valence-electron chi connectivity index (χ2n) is 2.95. The summed E-state index contributed by atoms with van der Waals surface area (Å²) < 4.78 is 9.63. The van der Waals surface area contributed by atoms with Gasteiger partial charge in [-0.3, -0.25) is 0 Å². The van der Waals surface area contributed by atoms with E-state index >= 15 is 0 Å². The SMILES string of the molecule is C#CCNc1ccc(OCC(=O)OC)cc1. The molecule has 0 saturated carbocycles. The Labute approximate surface area is 94.6 Å². The first kappa shape index (κ1) is 11.9. The first-order valence-electron chi connectivity index (χ1n) is 4.73. The predicted molar refractivity (Wildman–Crippen MR) is 61.3 cm³/mol. The Bertz CT molecular complexity index is 378. The van der Waals surface area contributed by atoms with Gasteiger partial charge in [-0.2, -0.15) is 0 Å². The van der Waals surface area contributed by atoms with Crippen molar-refractivity contribution in [3.05, 3.63) is 24.3 Å². The van der Waals surface area contributed by atoms with E-state index in [1.807, 2.05) is 12.1 Å². The van der Waals surface area contributed by atoms with Crippen LogP contribution in [0, 0.1) is 12.3 Å². The third-order valence-electron chi connectivity index (χ3n) is 1.83. The van der Waals surface area contributed by atoms with Gasteiger partial charge in [-0.15, -0.1) is 6.42 Å². The number of hydrogen-bond donors (Lipinski definition) is 1. The van der Waals surface area contributed by atoms with E-state index < -0.39 is 5.97 Å². The Balaban J connectivity index is 2.45. The van der Waals surface area contributed by atoms with E-state index in [0.717, 1.165) is 5.69 Å². The minimum absolute atomic E-state index is 0.0897. The van der Waals surface area contributed by atoms with Gasteiger partial charge in [0.1, 0.15) is 5.75 Å². The van der Waals surface area contributed by atoms with Gasteiger partial charge >= 0.3 is 5.97 Å². The van der Waals surface area contributed by atoms with Gasteiger partial charge in [0.15, 0.2) is 6.61 Å². The summed E-state index contributed by atoms with van der Waals surface area (Å²) in [5.41, 5.74) is 0.906. The Morgan fingerprint density at radius 2 is 2.12 bits per heavy atom. The molecule has 0 heterocycles. The van der Waals surface area contributed by atoms with Gasteiger partial charge in [0.05, 0.1) is 13.7 Å². The topological polar surface area (TPSA) is 47.6 Å². The van der Waals surface area contributed by atoms with Crippen LogP contribution in [0.4, 0.5) is 5.69 Å². The number of ether oxygens (including phenoxy) is 2. The summed E-state index contributed by atoms with van der Waals surface area (Å²) in [4.78, 5) is 10.8. The molecule has 16 heavy (non-hydrogen) atoms. The standard InChI is InChI=1S/C12H13NO3/c1-3-8-13-10-4-6-11(7-5-10)16-9-12(14)15-2/h1,4-7,13H,8-9H2,2H3. The number of rotatable bonds is 5. The Kier molecular flexibility index (Phi) is 4.74. The highest BCUT2D eigenvalue weighted by molar-refractivity contribution is 5.70. The lowest BCUT2D eigenvalue weighted by atomic mass is 10.3. The van der Waals surface area contributed by atoms with Crippen LogP contribution in [0.1, 0.15) is 0 Å². The molecule has 4 heteroatoms. The van der Waals surface area contributed by atoms with Crippen LogP contribution >= 0.6 is 0 Å². The van der Waals surface area contributed by atoms with Crippen molar-refractivity contribution < 1.29 is 14.3 Å². The highest BCUT2D eigenvalue weighted by Gasteiger charge is 2.01. The van der Waals surface area contributed by atoms with Crippen LogP contribution in [0.3, 0.4) is 0 Å². The molecule has 0 aliphatic heterocycles. The Morgan fingerprint density at radius 1 is 1.44 bits per heavy atom. The normalized spacial score (nSPS) is 9.00. The van der Waals surface area contributed by atoms with E-state index in [1.54, 1.807) is 12.1 Å². The second-order valence-corrected chi connectivity index (χ2v) is 2.95. The van der Waals surface area contributed by atoms with Gasteiger partial charge < -0.3 is 14.8 Å². The van der Waals surface area contributed by atoms with Gasteiger partial charge in [-0.05, 0) is 24.3 Å². The van der Waals surface area contributed by atoms with Crippen LogP contribution in [0.2, 0.25) is 0 Å². The van der Waals surface area contributed by atoms with Crippen LogP contribution < -0.4 is 10.1 Å². The van der Waals surface area contributed by atoms with Crippen molar-refractivity contribution in [3.63, 3.8) is 0 Å². The molecule has 0 unspecified atom stereocenters. The van der Waals surface area contributed by atoms with E-state index in [0.29, 0.717) is 12.3 Å².